The van der Waals surface area contributed by atoms with Gasteiger partial charge in [-0.05, 0) is 52.9 Å². The number of nitrogens with one attached hydrogen (secondary N) is 1. The van der Waals surface area contributed by atoms with Crippen LogP contribution in [-0.4, -0.2) is 5.91 Å². The first-order valence-corrected chi connectivity index (χ1v) is 6.26. The summed E-state index contributed by atoms with van der Waals surface area (Å²) < 4.78 is 14.4. The number of benzene rings is 2. The lowest BCUT2D eigenvalue weighted by Crippen LogP contribution is -2.14. The van der Waals surface area contributed by atoms with E-state index >= 15 is 0 Å². The van der Waals surface area contributed by atoms with Crippen molar-refractivity contribution < 1.29 is 9.18 Å². The van der Waals surface area contributed by atoms with E-state index < -0.39 is 5.82 Å². The number of hydrogen-bond acceptors (Lipinski definition) is 2. The van der Waals surface area contributed by atoms with Crippen LogP contribution in [0.5, 0.6) is 0 Å². The number of para-hydroxylation sites is 1. The zero-order chi connectivity index (χ0) is 13.1. The third-order valence-electron chi connectivity index (χ3n) is 2.37. The van der Waals surface area contributed by atoms with Gasteiger partial charge in [-0.2, -0.15) is 0 Å². The second-order valence-electron chi connectivity index (χ2n) is 3.67. The Labute approximate surface area is 117 Å². The molecule has 0 saturated carbocycles. The summed E-state index contributed by atoms with van der Waals surface area (Å²) in [6.45, 7) is 0. The summed E-state index contributed by atoms with van der Waals surface area (Å²) in [7, 11) is 0. The summed E-state index contributed by atoms with van der Waals surface area (Å²) in [5.74, 6) is -0.931. The summed E-state index contributed by atoms with van der Waals surface area (Å²) in [6, 6.07) is 11.3. The topological polar surface area (TPSA) is 55.1 Å². The predicted octanol–water partition coefficient (Wildman–Crippen LogP) is 3.26. The molecule has 0 heterocycles. The van der Waals surface area contributed by atoms with E-state index in [4.69, 9.17) is 5.73 Å². The van der Waals surface area contributed by atoms with Crippen LogP contribution < -0.4 is 11.1 Å². The monoisotopic (exact) mass is 356 g/mol. The van der Waals surface area contributed by atoms with Crippen molar-refractivity contribution >= 4 is 39.9 Å². The Bertz CT molecular complexity index is 581. The van der Waals surface area contributed by atoms with Crippen molar-refractivity contribution in [2.75, 3.05) is 11.1 Å². The zero-order valence-corrected chi connectivity index (χ0v) is 11.4. The first-order valence-electron chi connectivity index (χ1n) is 5.19. The van der Waals surface area contributed by atoms with Crippen molar-refractivity contribution in [2.24, 2.45) is 0 Å². The largest absolute Gasteiger partial charge is 0.397 e. The van der Waals surface area contributed by atoms with Gasteiger partial charge < -0.3 is 11.1 Å². The maximum atomic E-state index is 13.5. The fourth-order valence-electron chi connectivity index (χ4n) is 1.49. The van der Waals surface area contributed by atoms with Crippen LogP contribution in [0.1, 0.15) is 10.4 Å². The molecule has 0 aromatic heterocycles. The molecule has 0 aliphatic carbocycles. The molecule has 0 unspecified atom stereocenters. The van der Waals surface area contributed by atoms with Gasteiger partial charge in [-0.3, -0.25) is 4.79 Å². The fraction of sp³-hybridized carbons (Fsp3) is 0. The Kier molecular flexibility index (Phi) is 3.81. The summed E-state index contributed by atoms with van der Waals surface area (Å²) >= 11 is 2.10. The van der Waals surface area contributed by atoms with Crippen LogP contribution in [0.15, 0.2) is 42.5 Å². The van der Waals surface area contributed by atoms with Gasteiger partial charge in [0, 0.05) is 9.13 Å². The van der Waals surface area contributed by atoms with Crippen LogP contribution in [0.2, 0.25) is 0 Å². The number of hydrogen-bond donors (Lipinski definition) is 2. The minimum absolute atomic E-state index is 0.0151. The summed E-state index contributed by atoms with van der Waals surface area (Å²) in [4.78, 5) is 11.9. The second kappa shape index (κ2) is 5.34. The van der Waals surface area contributed by atoms with E-state index in [1.807, 2.05) is 6.07 Å². The van der Waals surface area contributed by atoms with Crippen molar-refractivity contribution in [1.29, 1.82) is 0 Å². The lowest BCUT2D eigenvalue weighted by atomic mass is 10.2. The highest BCUT2D eigenvalue weighted by Gasteiger charge is 2.11. The average molecular weight is 356 g/mol. The highest BCUT2D eigenvalue weighted by Crippen LogP contribution is 2.22. The van der Waals surface area contributed by atoms with Gasteiger partial charge in [-0.15, -0.1) is 0 Å². The Morgan fingerprint density at radius 3 is 2.61 bits per heavy atom. The van der Waals surface area contributed by atoms with E-state index in [1.165, 1.54) is 18.2 Å². The van der Waals surface area contributed by atoms with E-state index in [0.717, 1.165) is 3.57 Å². The molecular weight excluding hydrogens is 346 g/mol. The number of amides is 1. The Hall–Kier alpha value is -1.63. The summed E-state index contributed by atoms with van der Waals surface area (Å²) in [6.07, 6.45) is 0. The molecule has 0 aliphatic heterocycles. The van der Waals surface area contributed by atoms with E-state index in [1.54, 1.807) is 18.2 Å². The standard InChI is InChI=1S/C13H10FIN2O/c14-10-5-2-6-11(16)12(10)17-13(18)8-3-1-4-9(15)7-8/h1-7H,16H2,(H,17,18). The van der Waals surface area contributed by atoms with Crippen LogP contribution in [-0.2, 0) is 0 Å². The predicted molar refractivity (Wildman–Crippen MR) is 77.9 cm³/mol. The molecule has 0 saturated heterocycles. The summed E-state index contributed by atoms with van der Waals surface area (Å²) in [5.41, 5.74) is 6.30. The third kappa shape index (κ3) is 2.79. The third-order valence-corrected chi connectivity index (χ3v) is 3.04. The number of rotatable bonds is 2. The molecule has 18 heavy (non-hydrogen) atoms. The molecule has 3 nitrogen and oxygen atoms in total. The highest BCUT2D eigenvalue weighted by molar-refractivity contribution is 14.1. The van der Waals surface area contributed by atoms with Crippen LogP contribution >= 0.6 is 22.6 Å². The van der Waals surface area contributed by atoms with Crippen LogP contribution in [0.4, 0.5) is 15.8 Å². The lowest BCUT2D eigenvalue weighted by molar-refractivity contribution is 0.102. The average Bonchev–Trinajstić information content (AvgIpc) is 2.34. The van der Waals surface area contributed by atoms with Crippen LogP contribution in [0, 0.1) is 9.39 Å². The van der Waals surface area contributed by atoms with Gasteiger partial charge in [0.05, 0.1) is 5.69 Å². The molecule has 2 aromatic carbocycles. The van der Waals surface area contributed by atoms with Gasteiger partial charge in [0.15, 0.2) is 0 Å². The molecule has 0 radical (unpaired) electrons. The van der Waals surface area contributed by atoms with Crippen molar-refractivity contribution in [3.8, 4) is 0 Å². The van der Waals surface area contributed by atoms with Crippen molar-refractivity contribution in [2.45, 2.75) is 0 Å². The Morgan fingerprint density at radius 1 is 1.22 bits per heavy atom. The van der Waals surface area contributed by atoms with E-state index in [-0.39, 0.29) is 17.3 Å². The molecule has 3 N–H and O–H groups in total. The van der Waals surface area contributed by atoms with Crippen LogP contribution in [0.25, 0.3) is 0 Å². The molecule has 92 valence electrons. The van der Waals surface area contributed by atoms with E-state index in [9.17, 15) is 9.18 Å². The van der Waals surface area contributed by atoms with Gasteiger partial charge >= 0.3 is 0 Å². The molecular formula is C13H10FIN2O. The molecule has 0 atom stereocenters. The Balaban J connectivity index is 2.27. The smallest absolute Gasteiger partial charge is 0.255 e. The number of halogens is 2. The van der Waals surface area contributed by atoms with Gasteiger partial charge in [0.1, 0.15) is 11.5 Å². The quantitative estimate of drug-likeness (QED) is 0.641. The Morgan fingerprint density at radius 2 is 1.94 bits per heavy atom. The fourth-order valence-corrected chi connectivity index (χ4v) is 2.03. The molecule has 0 aliphatic rings. The second-order valence-corrected chi connectivity index (χ2v) is 4.91. The van der Waals surface area contributed by atoms with Gasteiger partial charge in [0.25, 0.3) is 5.91 Å². The van der Waals surface area contributed by atoms with Gasteiger partial charge in [0.2, 0.25) is 0 Å². The van der Waals surface area contributed by atoms with Crippen molar-refractivity contribution in [3.05, 3.63) is 57.4 Å². The lowest BCUT2D eigenvalue weighted by Gasteiger charge is -2.09. The molecule has 5 heteroatoms. The molecule has 1 amide bonds. The zero-order valence-electron chi connectivity index (χ0n) is 9.28. The minimum atomic E-state index is -0.547. The molecule has 2 rings (SSSR count). The maximum absolute atomic E-state index is 13.5. The minimum Gasteiger partial charge on any atom is -0.397 e. The highest BCUT2D eigenvalue weighted by atomic mass is 127. The van der Waals surface area contributed by atoms with Gasteiger partial charge in [-0.25, -0.2) is 4.39 Å². The molecule has 0 bridgehead atoms. The number of nitrogens with two attached hydrogens (primary N) is 1. The number of nitrogen functional groups attached to an aromatic ring is 1. The van der Waals surface area contributed by atoms with Crippen LogP contribution in [0.3, 0.4) is 0 Å². The van der Waals surface area contributed by atoms with Crippen molar-refractivity contribution in [1.82, 2.24) is 0 Å². The van der Waals surface area contributed by atoms with E-state index in [0.29, 0.717) is 5.56 Å². The first kappa shape index (κ1) is 12.8. The molecule has 0 spiro atoms. The first-order chi connectivity index (χ1) is 8.58. The maximum Gasteiger partial charge on any atom is 0.255 e. The summed E-state index contributed by atoms with van der Waals surface area (Å²) in [5, 5.41) is 2.48. The number of carbonyl (C=O) groups is 1. The molecule has 0 fully saturated rings. The SMILES string of the molecule is Nc1cccc(F)c1NC(=O)c1cccc(I)c1. The number of anilines is 2. The normalized spacial score (nSPS) is 10.1. The van der Waals surface area contributed by atoms with E-state index in [2.05, 4.69) is 27.9 Å². The van der Waals surface area contributed by atoms with Crippen molar-refractivity contribution in [3.63, 3.8) is 0 Å². The molecule has 2 aromatic rings. The van der Waals surface area contributed by atoms with Gasteiger partial charge in [-0.1, -0.05) is 12.1 Å². The number of carbonyl (C=O) groups excluding carboxylic acids is 1.